The molecule has 1 heterocycles. The standard InChI is InChI=1S/C9H13F6NO/c10-8(11,12)7(9(13,14)15)17-5-6-1-3-16-4-2-6/h6-7,16H,1-5H2. The van der Waals surface area contributed by atoms with Gasteiger partial charge in [0, 0.05) is 0 Å². The fourth-order valence-corrected chi connectivity index (χ4v) is 1.66. The summed E-state index contributed by atoms with van der Waals surface area (Å²) in [4.78, 5) is 0. The first-order valence-corrected chi connectivity index (χ1v) is 5.17. The molecule has 1 fully saturated rings. The van der Waals surface area contributed by atoms with E-state index in [1.54, 1.807) is 0 Å². The van der Waals surface area contributed by atoms with Gasteiger partial charge in [0.2, 0.25) is 6.10 Å². The highest BCUT2D eigenvalue weighted by Gasteiger charge is 2.58. The lowest BCUT2D eigenvalue weighted by Gasteiger charge is -2.27. The number of hydrogen-bond donors (Lipinski definition) is 1. The molecule has 8 heteroatoms. The lowest BCUT2D eigenvalue weighted by molar-refractivity contribution is -0.323. The van der Waals surface area contributed by atoms with Crippen molar-refractivity contribution in [1.82, 2.24) is 5.32 Å². The molecule has 0 spiro atoms. The number of rotatable bonds is 3. The fraction of sp³-hybridized carbons (Fsp3) is 1.00. The smallest absolute Gasteiger partial charge is 0.361 e. The molecular weight excluding hydrogens is 252 g/mol. The Kier molecular flexibility index (Phi) is 4.65. The van der Waals surface area contributed by atoms with Crippen LogP contribution in [0.5, 0.6) is 0 Å². The maximum Gasteiger partial charge on any atom is 0.423 e. The van der Waals surface area contributed by atoms with Gasteiger partial charge < -0.3 is 10.1 Å². The largest absolute Gasteiger partial charge is 0.423 e. The third-order valence-corrected chi connectivity index (χ3v) is 2.55. The maximum absolute atomic E-state index is 12.1. The number of nitrogens with one attached hydrogen (secondary N) is 1. The van der Waals surface area contributed by atoms with Crippen molar-refractivity contribution >= 4 is 0 Å². The number of halogens is 6. The fourth-order valence-electron chi connectivity index (χ4n) is 1.66. The third-order valence-electron chi connectivity index (χ3n) is 2.55. The number of piperidine rings is 1. The molecule has 0 bridgehead atoms. The lowest BCUT2D eigenvalue weighted by atomic mass is 9.99. The van der Waals surface area contributed by atoms with Crippen LogP contribution < -0.4 is 5.32 Å². The normalized spacial score (nSPS) is 19.9. The van der Waals surface area contributed by atoms with Gasteiger partial charge in [-0.25, -0.2) is 0 Å². The summed E-state index contributed by atoms with van der Waals surface area (Å²) in [5.41, 5.74) is 0. The topological polar surface area (TPSA) is 21.3 Å². The second-order valence-electron chi connectivity index (χ2n) is 3.99. The van der Waals surface area contributed by atoms with Gasteiger partial charge in [-0.3, -0.25) is 0 Å². The average Bonchev–Trinajstić information content (AvgIpc) is 2.15. The number of ether oxygens (including phenoxy) is 1. The van der Waals surface area contributed by atoms with Crippen molar-refractivity contribution in [3.05, 3.63) is 0 Å². The molecule has 0 unspecified atom stereocenters. The van der Waals surface area contributed by atoms with Crippen LogP contribution in [0.15, 0.2) is 0 Å². The van der Waals surface area contributed by atoms with E-state index in [-0.39, 0.29) is 5.92 Å². The Morgan fingerprint density at radius 2 is 1.47 bits per heavy atom. The van der Waals surface area contributed by atoms with Gasteiger partial charge in [-0.15, -0.1) is 0 Å². The van der Waals surface area contributed by atoms with E-state index in [0.717, 1.165) is 0 Å². The minimum atomic E-state index is -5.41. The van der Waals surface area contributed by atoms with Crippen molar-refractivity contribution in [1.29, 1.82) is 0 Å². The van der Waals surface area contributed by atoms with Gasteiger partial charge in [0.1, 0.15) is 0 Å². The zero-order valence-corrected chi connectivity index (χ0v) is 8.87. The summed E-state index contributed by atoms with van der Waals surface area (Å²) in [7, 11) is 0. The summed E-state index contributed by atoms with van der Waals surface area (Å²) >= 11 is 0. The summed E-state index contributed by atoms with van der Waals surface area (Å²) in [6, 6.07) is 0. The zero-order chi connectivity index (χ0) is 13.1. The molecule has 0 saturated carbocycles. The molecule has 102 valence electrons. The Morgan fingerprint density at radius 1 is 1.00 bits per heavy atom. The Balaban J connectivity index is 2.49. The van der Waals surface area contributed by atoms with Gasteiger partial charge in [-0.1, -0.05) is 0 Å². The first kappa shape index (κ1) is 14.6. The molecule has 0 atom stereocenters. The predicted octanol–water partition coefficient (Wildman–Crippen LogP) is 2.50. The van der Waals surface area contributed by atoms with Crippen LogP contribution in [0.3, 0.4) is 0 Å². The van der Waals surface area contributed by atoms with Gasteiger partial charge in [0.25, 0.3) is 0 Å². The molecule has 1 aliphatic heterocycles. The van der Waals surface area contributed by atoms with Crippen molar-refractivity contribution < 1.29 is 31.1 Å². The van der Waals surface area contributed by atoms with Crippen LogP contribution in [0, 0.1) is 5.92 Å². The van der Waals surface area contributed by atoms with E-state index < -0.39 is 25.1 Å². The van der Waals surface area contributed by atoms with Gasteiger partial charge in [0.15, 0.2) is 0 Å². The lowest BCUT2D eigenvalue weighted by Crippen LogP contribution is -2.45. The van der Waals surface area contributed by atoms with Crippen molar-refractivity contribution in [3.63, 3.8) is 0 Å². The van der Waals surface area contributed by atoms with Crippen LogP contribution in [-0.4, -0.2) is 38.2 Å². The second-order valence-corrected chi connectivity index (χ2v) is 3.99. The Hall–Kier alpha value is -0.500. The molecule has 0 aromatic rings. The highest BCUT2D eigenvalue weighted by Crippen LogP contribution is 2.36. The van der Waals surface area contributed by atoms with E-state index in [0.29, 0.717) is 25.9 Å². The zero-order valence-electron chi connectivity index (χ0n) is 8.87. The Morgan fingerprint density at radius 3 is 1.88 bits per heavy atom. The minimum Gasteiger partial charge on any atom is -0.361 e. The average molecular weight is 265 g/mol. The molecule has 1 N–H and O–H groups in total. The molecule has 2 nitrogen and oxygen atoms in total. The van der Waals surface area contributed by atoms with Crippen LogP contribution in [-0.2, 0) is 4.74 Å². The Bertz CT molecular complexity index is 219. The molecule has 17 heavy (non-hydrogen) atoms. The van der Waals surface area contributed by atoms with Crippen molar-refractivity contribution in [2.75, 3.05) is 19.7 Å². The first-order chi connectivity index (χ1) is 7.71. The maximum atomic E-state index is 12.1. The SMILES string of the molecule is FC(F)(F)C(OCC1CCNCC1)C(F)(F)F. The van der Waals surface area contributed by atoms with Crippen LogP contribution in [0.4, 0.5) is 26.3 Å². The molecular formula is C9H13F6NO. The summed E-state index contributed by atoms with van der Waals surface area (Å²) in [5.74, 6) is -0.247. The Labute approximate surface area is 94.3 Å². The molecule has 0 aliphatic carbocycles. The van der Waals surface area contributed by atoms with Crippen LogP contribution in [0.1, 0.15) is 12.8 Å². The van der Waals surface area contributed by atoms with E-state index in [1.165, 1.54) is 0 Å². The van der Waals surface area contributed by atoms with Gasteiger partial charge >= 0.3 is 12.4 Å². The molecule has 0 radical (unpaired) electrons. The van der Waals surface area contributed by atoms with Crippen molar-refractivity contribution in [3.8, 4) is 0 Å². The van der Waals surface area contributed by atoms with Gasteiger partial charge in [-0.2, -0.15) is 26.3 Å². The summed E-state index contributed by atoms with van der Waals surface area (Å²) in [6.07, 6.45) is -13.4. The molecule has 0 amide bonds. The van der Waals surface area contributed by atoms with Crippen LogP contribution in [0.2, 0.25) is 0 Å². The van der Waals surface area contributed by atoms with E-state index in [9.17, 15) is 26.3 Å². The van der Waals surface area contributed by atoms with E-state index in [2.05, 4.69) is 10.1 Å². The van der Waals surface area contributed by atoms with Crippen molar-refractivity contribution in [2.24, 2.45) is 5.92 Å². The summed E-state index contributed by atoms with van der Waals surface area (Å²) in [5, 5.41) is 2.96. The van der Waals surface area contributed by atoms with Crippen LogP contribution in [0.25, 0.3) is 0 Å². The van der Waals surface area contributed by atoms with E-state index >= 15 is 0 Å². The van der Waals surface area contributed by atoms with Gasteiger partial charge in [-0.05, 0) is 31.8 Å². The summed E-state index contributed by atoms with van der Waals surface area (Å²) < 4.78 is 76.7. The second kappa shape index (κ2) is 5.43. The van der Waals surface area contributed by atoms with Crippen molar-refractivity contribution in [2.45, 2.75) is 31.3 Å². The number of alkyl halides is 6. The quantitative estimate of drug-likeness (QED) is 0.792. The third kappa shape index (κ3) is 4.71. The van der Waals surface area contributed by atoms with E-state index in [4.69, 9.17) is 0 Å². The molecule has 1 rings (SSSR count). The minimum absolute atomic E-state index is 0.247. The predicted molar refractivity (Wildman–Crippen MR) is 47.4 cm³/mol. The van der Waals surface area contributed by atoms with E-state index in [1.807, 2.05) is 0 Å². The summed E-state index contributed by atoms with van der Waals surface area (Å²) in [6.45, 7) is 0.679. The first-order valence-electron chi connectivity index (χ1n) is 5.17. The molecule has 0 aromatic heterocycles. The van der Waals surface area contributed by atoms with Crippen LogP contribution >= 0.6 is 0 Å². The highest BCUT2D eigenvalue weighted by molar-refractivity contribution is 4.77. The van der Waals surface area contributed by atoms with Gasteiger partial charge in [0.05, 0.1) is 6.61 Å². The highest BCUT2D eigenvalue weighted by atomic mass is 19.4. The number of hydrogen-bond acceptors (Lipinski definition) is 2. The monoisotopic (exact) mass is 265 g/mol. The molecule has 0 aromatic carbocycles. The molecule has 1 saturated heterocycles. The molecule has 1 aliphatic rings.